The summed E-state index contributed by atoms with van der Waals surface area (Å²) in [7, 11) is 3.36. The van der Waals surface area contributed by atoms with Crippen molar-refractivity contribution >= 4 is 16.9 Å². The largest absolute Gasteiger partial charge is 0.493 e. The monoisotopic (exact) mass is 479 g/mol. The predicted molar refractivity (Wildman–Crippen MR) is 135 cm³/mol. The van der Waals surface area contributed by atoms with Crippen molar-refractivity contribution < 1.29 is 19.0 Å². The predicted octanol–water partition coefficient (Wildman–Crippen LogP) is 4.64. The van der Waals surface area contributed by atoms with Crippen molar-refractivity contribution in [1.29, 1.82) is 0 Å². The van der Waals surface area contributed by atoms with Crippen LogP contribution in [0.5, 0.6) is 11.5 Å². The summed E-state index contributed by atoms with van der Waals surface area (Å²) in [5.41, 5.74) is 1.27. The molecule has 3 aromatic rings. The maximum absolute atomic E-state index is 12.5. The van der Waals surface area contributed by atoms with Crippen LogP contribution in [0.3, 0.4) is 0 Å². The van der Waals surface area contributed by atoms with E-state index in [0.29, 0.717) is 42.5 Å². The van der Waals surface area contributed by atoms with Gasteiger partial charge in [0.05, 0.1) is 19.1 Å². The second kappa shape index (κ2) is 9.98. The molecule has 0 unspecified atom stereocenters. The molecule has 186 valence electrons. The van der Waals surface area contributed by atoms with Crippen molar-refractivity contribution in [3.05, 3.63) is 53.2 Å². The highest BCUT2D eigenvalue weighted by Gasteiger charge is 2.27. The minimum absolute atomic E-state index is 0.0820. The van der Waals surface area contributed by atoms with Crippen LogP contribution < -0.4 is 15.0 Å². The SMILES string of the molecule is COc1cc(-c2cn(C)c(=O)c3cnccc23)ccc1OCC1CCN(C(=O)OC(C)(C)C)CC1. The van der Waals surface area contributed by atoms with Gasteiger partial charge in [-0.2, -0.15) is 0 Å². The molecular formula is C27H33N3O5. The number of aryl methyl sites for hydroxylation is 1. The van der Waals surface area contributed by atoms with Crippen LogP contribution in [0.15, 0.2) is 47.7 Å². The molecule has 0 N–H and O–H groups in total. The second-order valence-corrected chi connectivity index (χ2v) is 9.97. The van der Waals surface area contributed by atoms with Crippen molar-refractivity contribution in [2.75, 3.05) is 26.8 Å². The zero-order valence-electron chi connectivity index (χ0n) is 21.0. The fourth-order valence-electron chi connectivity index (χ4n) is 4.31. The van der Waals surface area contributed by atoms with Gasteiger partial charge in [-0.3, -0.25) is 9.78 Å². The molecule has 35 heavy (non-hydrogen) atoms. The Labute approximate surface area is 205 Å². The van der Waals surface area contributed by atoms with E-state index in [-0.39, 0.29) is 11.7 Å². The number of methoxy groups -OCH3 is 1. The molecule has 1 fully saturated rings. The molecular weight excluding hydrogens is 446 g/mol. The molecule has 0 saturated carbocycles. The molecule has 8 nitrogen and oxygen atoms in total. The van der Waals surface area contributed by atoms with Gasteiger partial charge < -0.3 is 23.7 Å². The summed E-state index contributed by atoms with van der Waals surface area (Å²) in [6, 6.07) is 7.66. The summed E-state index contributed by atoms with van der Waals surface area (Å²) in [5.74, 6) is 1.64. The first kappa shape index (κ1) is 24.6. The third kappa shape index (κ3) is 5.58. The molecule has 0 bridgehead atoms. The molecule has 0 spiro atoms. The Morgan fingerprint density at radius 2 is 1.86 bits per heavy atom. The Balaban J connectivity index is 1.45. The number of amides is 1. The van der Waals surface area contributed by atoms with Crippen LogP contribution in [0.2, 0.25) is 0 Å². The fraction of sp³-hybridized carbons (Fsp3) is 0.444. The number of ether oxygens (including phenoxy) is 3. The van der Waals surface area contributed by atoms with Crippen molar-refractivity contribution in [2.24, 2.45) is 13.0 Å². The first-order valence-corrected chi connectivity index (χ1v) is 11.9. The first-order valence-electron chi connectivity index (χ1n) is 11.9. The average molecular weight is 480 g/mol. The van der Waals surface area contributed by atoms with Gasteiger partial charge in [-0.1, -0.05) is 6.07 Å². The highest BCUT2D eigenvalue weighted by atomic mass is 16.6. The number of hydrogen-bond acceptors (Lipinski definition) is 6. The van der Waals surface area contributed by atoms with Crippen LogP contribution in [0.4, 0.5) is 4.79 Å². The second-order valence-electron chi connectivity index (χ2n) is 9.97. The van der Waals surface area contributed by atoms with Crippen LogP contribution in [0, 0.1) is 5.92 Å². The zero-order valence-corrected chi connectivity index (χ0v) is 21.0. The Morgan fingerprint density at radius 1 is 1.11 bits per heavy atom. The summed E-state index contributed by atoms with van der Waals surface area (Å²) in [6.07, 6.45) is 6.59. The molecule has 2 aromatic heterocycles. The molecule has 1 aliphatic rings. The number of nitrogens with zero attached hydrogens (tertiary/aromatic N) is 3. The fourth-order valence-corrected chi connectivity index (χ4v) is 4.31. The number of pyridine rings is 2. The first-order chi connectivity index (χ1) is 16.7. The zero-order chi connectivity index (χ0) is 25.2. The van der Waals surface area contributed by atoms with Gasteiger partial charge in [0, 0.05) is 44.3 Å². The number of likely N-dealkylation sites (tertiary alicyclic amines) is 1. The van der Waals surface area contributed by atoms with E-state index < -0.39 is 5.60 Å². The molecule has 1 aromatic carbocycles. The van der Waals surface area contributed by atoms with E-state index >= 15 is 0 Å². The van der Waals surface area contributed by atoms with Gasteiger partial charge in [0.1, 0.15) is 5.60 Å². The lowest BCUT2D eigenvalue weighted by Crippen LogP contribution is -2.42. The average Bonchev–Trinajstić information content (AvgIpc) is 2.84. The number of hydrogen-bond donors (Lipinski definition) is 0. The number of rotatable bonds is 5. The lowest BCUT2D eigenvalue weighted by molar-refractivity contribution is 0.0164. The van der Waals surface area contributed by atoms with Crippen molar-refractivity contribution in [3.63, 3.8) is 0 Å². The van der Waals surface area contributed by atoms with Crippen molar-refractivity contribution in [2.45, 2.75) is 39.2 Å². The van der Waals surface area contributed by atoms with Gasteiger partial charge in [0.2, 0.25) is 0 Å². The van der Waals surface area contributed by atoms with Gasteiger partial charge in [0.15, 0.2) is 11.5 Å². The lowest BCUT2D eigenvalue weighted by atomic mass is 9.98. The summed E-state index contributed by atoms with van der Waals surface area (Å²) < 4.78 is 18.8. The third-order valence-corrected chi connectivity index (χ3v) is 6.20. The molecule has 4 rings (SSSR count). The minimum atomic E-state index is -0.489. The van der Waals surface area contributed by atoms with Crippen molar-refractivity contribution in [1.82, 2.24) is 14.5 Å². The lowest BCUT2D eigenvalue weighted by Gasteiger charge is -2.33. The standard InChI is InChI=1S/C27H33N3O5/c1-27(2,3)35-26(32)30-12-9-18(10-13-30)17-34-23-7-6-19(14-24(23)33-5)22-16-29(4)25(31)21-15-28-11-8-20(21)22/h6-8,11,14-16,18H,9-10,12-13,17H2,1-5H3. The number of aromatic nitrogens is 2. The van der Waals surface area contributed by atoms with Crippen LogP contribution in [0.1, 0.15) is 33.6 Å². The maximum Gasteiger partial charge on any atom is 0.410 e. The maximum atomic E-state index is 12.5. The summed E-state index contributed by atoms with van der Waals surface area (Å²) in [6.45, 7) is 7.50. The summed E-state index contributed by atoms with van der Waals surface area (Å²) in [5, 5.41) is 1.42. The van der Waals surface area contributed by atoms with E-state index in [4.69, 9.17) is 14.2 Å². The summed E-state index contributed by atoms with van der Waals surface area (Å²) in [4.78, 5) is 30.7. The molecule has 0 radical (unpaired) electrons. The van der Waals surface area contributed by atoms with Gasteiger partial charge in [-0.05, 0) is 68.7 Å². The summed E-state index contributed by atoms with van der Waals surface area (Å²) >= 11 is 0. The van der Waals surface area contributed by atoms with Crippen LogP contribution in [-0.4, -0.2) is 53.0 Å². The van der Waals surface area contributed by atoms with E-state index in [1.807, 2.05) is 51.2 Å². The van der Waals surface area contributed by atoms with Gasteiger partial charge >= 0.3 is 6.09 Å². The molecule has 1 aliphatic heterocycles. The van der Waals surface area contributed by atoms with E-state index in [0.717, 1.165) is 29.4 Å². The number of fused-ring (bicyclic) bond motifs is 1. The number of benzene rings is 1. The normalized spacial score (nSPS) is 14.7. The van der Waals surface area contributed by atoms with Gasteiger partial charge in [0.25, 0.3) is 5.56 Å². The van der Waals surface area contributed by atoms with E-state index in [9.17, 15) is 9.59 Å². The Hall–Kier alpha value is -3.55. The number of piperidine rings is 1. The van der Waals surface area contributed by atoms with Crippen molar-refractivity contribution in [3.8, 4) is 22.6 Å². The number of carbonyl (C=O) groups is 1. The van der Waals surface area contributed by atoms with Crippen LogP contribution in [-0.2, 0) is 11.8 Å². The topological polar surface area (TPSA) is 82.9 Å². The Kier molecular flexibility index (Phi) is 7.00. The minimum Gasteiger partial charge on any atom is -0.493 e. The highest BCUT2D eigenvalue weighted by Crippen LogP contribution is 2.35. The van der Waals surface area contributed by atoms with Gasteiger partial charge in [-0.15, -0.1) is 0 Å². The molecule has 1 saturated heterocycles. The Bertz CT molecular complexity index is 1270. The smallest absolute Gasteiger partial charge is 0.410 e. The highest BCUT2D eigenvalue weighted by molar-refractivity contribution is 5.95. The van der Waals surface area contributed by atoms with E-state index in [2.05, 4.69) is 4.98 Å². The molecule has 8 heteroatoms. The van der Waals surface area contributed by atoms with E-state index in [1.54, 1.807) is 36.0 Å². The molecule has 3 heterocycles. The third-order valence-electron chi connectivity index (χ3n) is 6.20. The van der Waals surface area contributed by atoms with E-state index in [1.165, 1.54) is 0 Å². The van der Waals surface area contributed by atoms with Gasteiger partial charge in [-0.25, -0.2) is 4.79 Å². The van der Waals surface area contributed by atoms with Crippen LogP contribution >= 0.6 is 0 Å². The molecule has 1 amide bonds. The number of carbonyl (C=O) groups excluding carboxylic acids is 1. The Morgan fingerprint density at radius 3 is 2.54 bits per heavy atom. The van der Waals surface area contributed by atoms with Crippen LogP contribution in [0.25, 0.3) is 21.9 Å². The quantitative estimate of drug-likeness (QED) is 0.530. The molecule has 0 atom stereocenters. The molecule has 0 aliphatic carbocycles.